The summed E-state index contributed by atoms with van der Waals surface area (Å²) in [5.74, 6) is -1.07. The third-order valence-electron chi connectivity index (χ3n) is 5.66. The van der Waals surface area contributed by atoms with E-state index in [-0.39, 0.29) is 24.6 Å². The van der Waals surface area contributed by atoms with E-state index in [9.17, 15) is 22.8 Å². The van der Waals surface area contributed by atoms with Crippen molar-refractivity contribution in [1.29, 1.82) is 0 Å². The van der Waals surface area contributed by atoms with Crippen LogP contribution in [0, 0.1) is 0 Å². The molecule has 0 bridgehead atoms. The van der Waals surface area contributed by atoms with E-state index in [4.69, 9.17) is 27.9 Å². The summed E-state index contributed by atoms with van der Waals surface area (Å²) in [6.45, 7) is 1.53. The lowest BCUT2D eigenvalue weighted by Gasteiger charge is -2.29. The molecule has 4 rings (SSSR count). The molecule has 3 aromatic rings. The molecule has 1 atom stereocenters. The van der Waals surface area contributed by atoms with Gasteiger partial charge in [-0.3, -0.25) is 4.79 Å². The molecule has 0 fully saturated rings. The summed E-state index contributed by atoms with van der Waals surface area (Å²) in [6, 6.07) is 17.0. The second-order valence-corrected chi connectivity index (χ2v) is 9.02. The number of nitrogens with one attached hydrogen (secondary N) is 1. The van der Waals surface area contributed by atoms with Gasteiger partial charge in [0.2, 0.25) is 0 Å². The van der Waals surface area contributed by atoms with Crippen LogP contribution in [0.25, 0.3) is 0 Å². The molecule has 38 heavy (non-hydrogen) atoms. The standard InChI is InChI=1S/C26H20Cl2F3N3O4/c1-2-37-23(35)25(17-5-9-19(28)10-6-17)15-34(33-22(25)16-3-7-18(27)8-4-16)24(36)32-20-11-13-21(14-12-20)38-26(29,30)31/h3-14H,2,15H2,1H3,(H,32,36). The Balaban J connectivity index is 1.71. The summed E-state index contributed by atoms with van der Waals surface area (Å²) >= 11 is 12.1. The molecule has 198 valence electrons. The van der Waals surface area contributed by atoms with Crippen LogP contribution in [-0.4, -0.2) is 42.2 Å². The van der Waals surface area contributed by atoms with Gasteiger partial charge in [0.05, 0.1) is 18.9 Å². The van der Waals surface area contributed by atoms with E-state index >= 15 is 0 Å². The van der Waals surface area contributed by atoms with Crippen molar-refractivity contribution in [2.45, 2.75) is 18.7 Å². The average molecular weight is 566 g/mol. The number of nitrogens with zero attached hydrogens (tertiary/aromatic N) is 2. The zero-order valence-corrected chi connectivity index (χ0v) is 21.3. The van der Waals surface area contributed by atoms with Crippen LogP contribution in [-0.2, 0) is 14.9 Å². The van der Waals surface area contributed by atoms with Gasteiger partial charge in [-0.05, 0) is 66.6 Å². The summed E-state index contributed by atoms with van der Waals surface area (Å²) < 4.78 is 46.6. The summed E-state index contributed by atoms with van der Waals surface area (Å²) in [5, 5.41) is 9.04. The number of hydrogen-bond acceptors (Lipinski definition) is 5. The largest absolute Gasteiger partial charge is 0.573 e. The third kappa shape index (κ3) is 5.87. The summed E-state index contributed by atoms with van der Waals surface area (Å²) in [7, 11) is 0. The van der Waals surface area contributed by atoms with E-state index in [0.717, 1.165) is 17.1 Å². The number of benzene rings is 3. The predicted molar refractivity (Wildman–Crippen MR) is 137 cm³/mol. The lowest BCUT2D eigenvalue weighted by Crippen LogP contribution is -2.48. The van der Waals surface area contributed by atoms with E-state index in [0.29, 0.717) is 21.2 Å². The Labute approximate surface area is 225 Å². The fraction of sp³-hybridized carbons (Fsp3) is 0.192. The quantitative estimate of drug-likeness (QED) is 0.339. The maximum absolute atomic E-state index is 13.6. The molecule has 1 unspecified atom stereocenters. The molecule has 1 heterocycles. The van der Waals surface area contributed by atoms with Crippen molar-refractivity contribution in [3.63, 3.8) is 0 Å². The Bertz CT molecular complexity index is 1350. The SMILES string of the molecule is CCOC(=O)C1(c2ccc(Cl)cc2)CN(C(=O)Nc2ccc(OC(F)(F)F)cc2)N=C1c1ccc(Cl)cc1. The number of carbonyl (C=O) groups is 2. The van der Waals surface area contributed by atoms with E-state index in [1.807, 2.05) is 0 Å². The number of esters is 1. The van der Waals surface area contributed by atoms with Gasteiger partial charge in [-0.25, -0.2) is 9.80 Å². The highest BCUT2D eigenvalue weighted by molar-refractivity contribution is 6.31. The van der Waals surface area contributed by atoms with Crippen molar-refractivity contribution in [3.05, 3.63) is 94.0 Å². The van der Waals surface area contributed by atoms with Crippen LogP contribution >= 0.6 is 23.2 Å². The van der Waals surface area contributed by atoms with Gasteiger partial charge in [-0.2, -0.15) is 5.10 Å². The molecular formula is C26H20Cl2F3N3O4. The number of hydrazone groups is 1. The van der Waals surface area contributed by atoms with Crippen LogP contribution in [0.2, 0.25) is 10.0 Å². The molecule has 1 N–H and O–H groups in total. The van der Waals surface area contributed by atoms with Crippen molar-refractivity contribution in [3.8, 4) is 5.75 Å². The second kappa shape index (κ2) is 10.9. The Morgan fingerprint density at radius 3 is 2.11 bits per heavy atom. The number of halogens is 5. The summed E-state index contributed by atoms with van der Waals surface area (Å²) in [5.41, 5.74) is -0.0397. The Morgan fingerprint density at radius 1 is 0.974 bits per heavy atom. The number of hydrogen-bond donors (Lipinski definition) is 1. The normalized spacial score (nSPS) is 17.1. The lowest BCUT2D eigenvalue weighted by molar-refractivity contribution is -0.274. The number of anilines is 1. The smallest absolute Gasteiger partial charge is 0.465 e. The minimum atomic E-state index is -4.84. The molecule has 0 saturated heterocycles. The number of rotatable bonds is 6. The molecule has 1 aliphatic heterocycles. The number of alkyl halides is 3. The minimum Gasteiger partial charge on any atom is -0.465 e. The van der Waals surface area contributed by atoms with Crippen LogP contribution in [0.3, 0.4) is 0 Å². The first-order valence-electron chi connectivity index (χ1n) is 11.2. The van der Waals surface area contributed by atoms with Gasteiger partial charge in [0.25, 0.3) is 0 Å². The predicted octanol–water partition coefficient (Wildman–Crippen LogP) is 6.64. The molecule has 0 aliphatic carbocycles. The molecule has 7 nitrogen and oxygen atoms in total. The third-order valence-corrected chi connectivity index (χ3v) is 6.17. The number of urea groups is 1. The van der Waals surface area contributed by atoms with Crippen LogP contribution in [0.4, 0.5) is 23.7 Å². The maximum atomic E-state index is 13.6. The van der Waals surface area contributed by atoms with Crippen molar-refractivity contribution < 1.29 is 32.2 Å². The molecule has 0 spiro atoms. The topological polar surface area (TPSA) is 80.2 Å². The van der Waals surface area contributed by atoms with Gasteiger partial charge in [-0.1, -0.05) is 47.5 Å². The number of carbonyl (C=O) groups excluding carboxylic acids is 2. The first-order chi connectivity index (χ1) is 18.0. The van der Waals surface area contributed by atoms with E-state index in [2.05, 4.69) is 15.2 Å². The lowest BCUT2D eigenvalue weighted by atomic mass is 9.74. The van der Waals surface area contributed by atoms with Gasteiger partial charge >= 0.3 is 18.4 Å². The van der Waals surface area contributed by atoms with Gasteiger partial charge in [0.15, 0.2) is 5.41 Å². The molecule has 3 aromatic carbocycles. The maximum Gasteiger partial charge on any atom is 0.573 e. The zero-order chi connectivity index (χ0) is 27.5. The highest BCUT2D eigenvalue weighted by atomic mass is 35.5. The van der Waals surface area contributed by atoms with Crippen molar-refractivity contribution >= 4 is 46.6 Å². The highest BCUT2D eigenvalue weighted by Gasteiger charge is 2.53. The van der Waals surface area contributed by atoms with Crippen molar-refractivity contribution in [2.24, 2.45) is 5.10 Å². The van der Waals surface area contributed by atoms with Crippen LogP contribution < -0.4 is 10.1 Å². The minimum absolute atomic E-state index is 0.0839. The molecule has 0 aromatic heterocycles. The number of amides is 2. The first-order valence-corrected chi connectivity index (χ1v) is 12.0. The second-order valence-electron chi connectivity index (χ2n) is 8.15. The van der Waals surface area contributed by atoms with Gasteiger partial charge in [0, 0.05) is 15.7 Å². The van der Waals surface area contributed by atoms with Gasteiger partial charge in [0.1, 0.15) is 5.75 Å². The Morgan fingerprint density at radius 2 is 1.55 bits per heavy atom. The van der Waals surface area contributed by atoms with Crippen molar-refractivity contribution in [2.75, 3.05) is 18.5 Å². The monoisotopic (exact) mass is 565 g/mol. The molecule has 12 heteroatoms. The van der Waals surface area contributed by atoms with E-state index < -0.39 is 29.5 Å². The molecule has 1 aliphatic rings. The fourth-order valence-corrected chi connectivity index (χ4v) is 4.25. The van der Waals surface area contributed by atoms with Crippen LogP contribution in [0.1, 0.15) is 18.1 Å². The summed E-state index contributed by atoms with van der Waals surface area (Å²) in [4.78, 5) is 26.8. The number of ether oxygens (including phenoxy) is 2. The first kappa shape index (κ1) is 27.3. The van der Waals surface area contributed by atoms with Crippen molar-refractivity contribution in [1.82, 2.24) is 5.01 Å². The molecule has 0 radical (unpaired) electrons. The Kier molecular flexibility index (Phi) is 7.84. The molecule has 2 amide bonds. The fourth-order valence-electron chi connectivity index (χ4n) is 3.99. The summed E-state index contributed by atoms with van der Waals surface area (Å²) in [6.07, 6.45) is -4.84. The molecular weight excluding hydrogens is 546 g/mol. The van der Waals surface area contributed by atoms with Gasteiger partial charge < -0.3 is 14.8 Å². The Hall–Kier alpha value is -3.76. The van der Waals surface area contributed by atoms with E-state index in [1.165, 1.54) is 12.1 Å². The van der Waals surface area contributed by atoms with Crippen LogP contribution in [0.15, 0.2) is 77.9 Å². The highest BCUT2D eigenvalue weighted by Crippen LogP contribution is 2.38. The molecule has 0 saturated carbocycles. The average Bonchev–Trinajstić information content (AvgIpc) is 3.27. The van der Waals surface area contributed by atoms with Gasteiger partial charge in [-0.15, -0.1) is 13.2 Å². The van der Waals surface area contributed by atoms with E-state index in [1.54, 1.807) is 55.5 Å². The zero-order valence-electron chi connectivity index (χ0n) is 19.8. The van der Waals surface area contributed by atoms with Crippen LogP contribution in [0.5, 0.6) is 5.75 Å².